The molecule has 1 heterocycles. The lowest BCUT2D eigenvalue weighted by Crippen LogP contribution is -2.42. The lowest BCUT2D eigenvalue weighted by Gasteiger charge is -2.30. The second kappa shape index (κ2) is 7.13. The van der Waals surface area contributed by atoms with Crippen molar-refractivity contribution in [3.8, 4) is 0 Å². The molecule has 0 bridgehead atoms. The summed E-state index contributed by atoms with van der Waals surface area (Å²) in [7, 11) is 0. The number of benzene rings is 1. The van der Waals surface area contributed by atoms with Crippen LogP contribution in [0.25, 0.3) is 0 Å². The van der Waals surface area contributed by atoms with Crippen molar-refractivity contribution in [2.75, 3.05) is 6.54 Å². The van der Waals surface area contributed by atoms with Crippen molar-refractivity contribution in [1.82, 2.24) is 14.9 Å². The van der Waals surface area contributed by atoms with Gasteiger partial charge in [0.2, 0.25) is 5.91 Å². The number of nitrogens with one attached hydrogen (secondary N) is 1. The van der Waals surface area contributed by atoms with E-state index in [9.17, 15) is 18.4 Å². The highest BCUT2D eigenvalue weighted by Gasteiger charge is 2.40. The molecule has 0 aliphatic heterocycles. The van der Waals surface area contributed by atoms with Gasteiger partial charge in [0, 0.05) is 29.9 Å². The highest BCUT2D eigenvalue weighted by Crippen LogP contribution is 2.42. The Labute approximate surface area is 143 Å². The van der Waals surface area contributed by atoms with E-state index < -0.39 is 28.6 Å². The van der Waals surface area contributed by atoms with E-state index in [-0.39, 0.29) is 18.7 Å². The molecule has 1 aliphatic rings. The number of carbonyl (C=O) groups excluding carboxylic acids is 1. The van der Waals surface area contributed by atoms with E-state index in [1.807, 2.05) is 0 Å². The standard InChI is InChI=1S/C18H19F2N3O2/c19-13-5-3-6-14(20)16(13)18(7-1-2-8-18)12-22-15(24)11-23-10-4-9-21-17(23)25/h3-6,9-10H,1-2,7-8,11-12H2,(H,22,24). The highest BCUT2D eigenvalue weighted by atomic mass is 19.1. The van der Waals surface area contributed by atoms with Gasteiger partial charge < -0.3 is 5.32 Å². The fourth-order valence-electron chi connectivity index (χ4n) is 3.56. The van der Waals surface area contributed by atoms with Crippen LogP contribution in [0.4, 0.5) is 8.78 Å². The van der Waals surface area contributed by atoms with Crippen LogP contribution in [0.15, 0.2) is 41.5 Å². The summed E-state index contributed by atoms with van der Waals surface area (Å²) in [6.07, 6.45) is 5.75. The summed E-state index contributed by atoms with van der Waals surface area (Å²) in [5, 5.41) is 2.73. The molecule has 0 radical (unpaired) electrons. The van der Waals surface area contributed by atoms with E-state index in [0.29, 0.717) is 12.8 Å². The molecule has 132 valence electrons. The van der Waals surface area contributed by atoms with Crippen LogP contribution in [0.5, 0.6) is 0 Å². The Balaban J connectivity index is 1.76. The third-order valence-electron chi connectivity index (χ3n) is 4.77. The fourth-order valence-corrected chi connectivity index (χ4v) is 3.56. The Kier molecular flexibility index (Phi) is 4.92. The SMILES string of the molecule is O=C(Cn1cccnc1=O)NCC1(c2c(F)cccc2F)CCCC1. The summed E-state index contributed by atoms with van der Waals surface area (Å²) in [5.74, 6) is -1.56. The largest absolute Gasteiger partial charge is 0.354 e. The first-order valence-electron chi connectivity index (χ1n) is 8.24. The van der Waals surface area contributed by atoms with Gasteiger partial charge in [-0.15, -0.1) is 0 Å². The molecule has 7 heteroatoms. The number of aromatic nitrogens is 2. The first-order chi connectivity index (χ1) is 12.0. The van der Waals surface area contributed by atoms with Crippen LogP contribution in [-0.4, -0.2) is 22.0 Å². The molecule has 0 saturated heterocycles. The van der Waals surface area contributed by atoms with E-state index in [0.717, 1.165) is 12.8 Å². The number of hydrogen-bond donors (Lipinski definition) is 1. The summed E-state index contributed by atoms with van der Waals surface area (Å²) in [6.45, 7) is -0.0405. The molecule has 1 aromatic heterocycles. The third kappa shape index (κ3) is 3.60. The van der Waals surface area contributed by atoms with Gasteiger partial charge in [0.1, 0.15) is 18.2 Å². The van der Waals surface area contributed by atoms with Gasteiger partial charge in [0.15, 0.2) is 0 Å². The fraction of sp³-hybridized carbons (Fsp3) is 0.389. The van der Waals surface area contributed by atoms with E-state index in [1.54, 1.807) is 6.07 Å². The lowest BCUT2D eigenvalue weighted by atomic mass is 9.78. The predicted octanol–water partition coefficient (Wildman–Crippen LogP) is 2.15. The van der Waals surface area contributed by atoms with Crippen LogP contribution < -0.4 is 11.0 Å². The summed E-state index contributed by atoms with van der Waals surface area (Å²) < 4.78 is 29.7. The number of amides is 1. The molecule has 1 aromatic carbocycles. The average molecular weight is 347 g/mol. The summed E-state index contributed by atoms with van der Waals surface area (Å²) in [6, 6.07) is 5.39. The monoisotopic (exact) mass is 347 g/mol. The smallest absolute Gasteiger partial charge is 0.347 e. The summed E-state index contributed by atoms with van der Waals surface area (Å²) in [4.78, 5) is 27.3. The quantitative estimate of drug-likeness (QED) is 0.901. The molecule has 25 heavy (non-hydrogen) atoms. The van der Waals surface area contributed by atoms with Crippen molar-refractivity contribution >= 4 is 5.91 Å². The molecule has 1 fully saturated rings. The van der Waals surface area contributed by atoms with Crippen molar-refractivity contribution in [3.05, 3.63) is 64.3 Å². The van der Waals surface area contributed by atoms with Crippen molar-refractivity contribution < 1.29 is 13.6 Å². The van der Waals surface area contributed by atoms with Crippen molar-refractivity contribution in [2.45, 2.75) is 37.6 Å². The number of carbonyl (C=O) groups is 1. The molecule has 3 rings (SSSR count). The first kappa shape index (κ1) is 17.3. The molecule has 0 spiro atoms. The van der Waals surface area contributed by atoms with Gasteiger partial charge in [-0.1, -0.05) is 18.9 Å². The average Bonchev–Trinajstić information content (AvgIpc) is 3.05. The Hall–Kier alpha value is -2.57. The van der Waals surface area contributed by atoms with Gasteiger partial charge in [0.25, 0.3) is 0 Å². The molecule has 1 N–H and O–H groups in total. The Bertz CT molecular complexity index is 809. The normalized spacial score (nSPS) is 15.9. The van der Waals surface area contributed by atoms with Crippen LogP contribution in [0, 0.1) is 11.6 Å². The van der Waals surface area contributed by atoms with E-state index >= 15 is 0 Å². The van der Waals surface area contributed by atoms with Crippen molar-refractivity contribution in [3.63, 3.8) is 0 Å². The Morgan fingerprint density at radius 2 is 1.88 bits per heavy atom. The Morgan fingerprint density at radius 1 is 1.20 bits per heavy atom. The highest BCUT2D eigenvalue weighted by molar-refractivity contribution is 5.75. The molecular weight excluding hydrogens is 328 g/mol. The van der Waals surface area contributed by atoms with Crippen LogP contribution in [0.1, 0.15) is 31.2 Å². The van der Waals surface area contributed by atoms with Gasteiger partial charge in [-0.2, -0.15) is 0 Å². The maximum absolute atomic E-state index is 14.3. The number of nitrogens with zero attached hydrogens (tertiary/aromatic N) is 2. The topological polar surface area (TPSA) is 64.0 Å². The minimum Gasteiger partial charge on any atom is -0.354 e. The third-order valence-corrected chi connectivity index (χ3v) is 4.77. The molecule has 2 aromatic rings. The molecule has 1 aliphatic carbocycles. The summed E-state index contributed by atoms with van der Waals surface area (Å²) in [5.41, 5.74) is -1.22. The molecule has 0 atom stereocenters. The zero-order valence-corrected chi connectivity index (χ0v) is 13.7. The van der Waals surface area contributed by atoms with Gasteiger partial charge in [-0.05, 0) is 31.0 Å². The molecular formula is C18H19F2N3O2. The van der Waals surface area contributed by atoms with E-state index in [2.05, 4.69) is 10.3 Å². The van der Waals surface area contributed by atoms with Crippen LogP contribution >= 0.6 is 0 Å². The van der Waals surface area contributed by atoms with Gasteiger partial charge in [0.05, 0.1) is 0 Å². The van der Waals surface area contributed by atoms with Crippen molar-refractivity contribution in [2.24, 2.45) is 0 Å². The van der Waals surface area contributed by atoms with Crippen LogP contribution in [-0.2, 0) is 16.8 Å². The maximum Gasteiger partial charge on any atom is 0.347 e. The van der Waals surface area contributed by atoms with Crippen molar-refractivity contribution in [1.29, 1.82) is 0 Å². The van der Waals surface area contributed by atoms with Crippen LogP contribution in [0.3, 0.4) is 0 Å². The minimum atomic E-state index is -0.745. The minimum absolute atomic E-state index is 0.0475. The zero-order valence-electron chi connectivity index (χ0n) is 13.7. The number of halogens is 2. The van der Waals surface area contributed by atoms with Gasteiger partial charge >= 0.3 is 5.69 Å². The molecule has 5 nitrogen and oxygen atoms in total. The van der Waals surface area contributed by atoms with Gasteiger partial charge in [-0.3, -0.25) is 9.36 Å². The molecule has 1 amide bonds. The predicted molar refractivity (Wildman–Crippen MR) is 88.0 cm³/mol. The molecule has 0 unspecified atom stereocenters. The molecule has 1 saturated carbocycles. The van der Waals surface area contributed by atoms with E-state index in [1.165, 1.54) is 35.2 Å². The van der Waals surface area contributed by atoms with E-state index in [4.69, 9.17) is 0 Å². The maximum atomic E-state index is 14.3. The Morgan fingerprint density at radius 3 is 2.52 bits per heavy atom. The van der Waals surface area contributed by atoms with Gasteiger partial charge in [-0.25, -0.2) is 18.6 Å². The summed E-state index contributed by atoms with van der Waals surface area (Å²) >= 11 is 0. The first-order valence-corrected chi connectivity index (χ1v) is 8.24. The second-order valence-corrected chi connectivity index (χ2v) is 6.39. The second-order valence-electron chi connectivity index (χ2n) is 6.39. The number of rotatable bonds is 5. The lowest BCUT2D eigenvalue weighted by molar-refractivity contribution is -0.122. The number of hydrogen-bond acceptors (Lipinski definition) is 3. The van der Waals surface area contributed by atoms with Crippen LogP contribution in [0.2, 0.25) is 0 Å². The zero-order chi connectivity index (χ0) is 17.9.